The fraction of sp³-hybridized carbons (Fsp3) is 0.632. The fourth-order valence-electron chi connectivity index (χ4n) is 12.1. The fourth-order valence-corrected chi connectivity index (χ4v) is 12.1. The molecule has 94 heavy (non-hydrogen) atoms. The lowest BCUT2D eigenvalue weighted by Crippen LogP contribution is -2.60. The molecule has 2 aromatic carbocycles. The minimum Gasteiger partial charge on any atom is -0.445 e. The zero-order valence-corrected chi connectivity index (χ0v) is 57.4. The zero-order valence-electron chi connectivity index (χ0n) is 57.4. The average Bonchev–Trinajstić information content (AvgIpc) is 1.33. The summed E-state index contributed by atoms with van der Waals surface area (Å²) in [6, 6.07) is 8.74. The summed E-state index contributed by atoms with van der Waals surface area (Å²) in [6.45, 7) is 18.6. The number of benzene rings is 2. The topological polar surface area (TPSA) is 347 Å². The molecule has 522 valence electrons. The third-order valence-electron chi connectivity index (χ3n) is 17.7. The lowest BCUT2D eigenvalue weighted by Gasteiger charge is -2.41. The van der Waals surface area contributed by atoms with Gasteiger partial charge in [-0.05, 0) is 92.4 Å². The Hall–Kier alpha value is -7.97. The highest BCUT2D eigenvalue weighted by Gasteiger charge is 2.44. The first kappa shape index (κ1) is 78.5. The van der Waals surface area contributed by atoms with E-state index >= 15 is 0 Å². The van der Waals surface area contributed by atoms with Crippen LogP contribution in [0.5, 0.6) is 0 Å². The number of ether oxygens (including phenoxy) is 3. The van der Waals surface area contributed by atoms with Gasteiger partial charge >= 0.3 is 12.1 Å². The normalized spacial score (nSPS) is 17.4. The van der Waals surface area contributed by atoms with Gasteiger partial charge in [0.05, 0.1) is 48.8 Å². The number of nitrogens with zero attached hydrogens (tertiary/aromatic N) is 4. The molecule has 26 heteroatoms. The van der Waals surface area contributed by atoms with E-state index in [1.165, 1.54) is 38.3 Å². The number of anilines is 1. The second kappa shape index (κ2) is 38.4. The van der Waals surface area contributed by atoms with E-state index in [2.05, 4.69) is 31.9 Å². The Labute approximate surface area is 554 Å². The Bertz CT molecular complexity index is 2880. The molecule has 0 radical (unpaired) electrons. The summed E-state index contributed by atoms with van der Waals surface area (Å²) in [5, 5.41) is 27.6. The van der Waals surface area contributed by atoms with Gasteiger partial charge in [-0.2, -0.15) is 0 Å². The number of rotatable bonds is 38. The van der Waals surface area contributed by atoms with E-state index in [-0.39, 0.29) is 86.8 Å². The monoisotopic (exact) mass is 1320 g/mol. The maximum atomic E-state index is 14.8. The first-order valence-electron chi connectivity index (χ1n) is 32.9. The molecule has 2 unspecified atom stereocenters. The van der Waals surface area contributed by atoms with E-state index in [1.54, 1.807) is 109 Å². The molecule has 1 saturated heterocycles. The van der Waals surface area contributed by atoms with Crippen molar-refractivity contribution in [1.29, 1.82) is 0 Å². The van der Waals surface area contributed by atoms with Crippen molar-refractivity contribution in [3.8, 4) is 0 Å². The van der Waals surface area contributed by atoms with E-state index in [9.17, 15) is 57.8 Å². The summed E-state index contributed by atoms with van der Waals surface area (Å²) >= 11 is 0. The number of unbranched alkanes of at least 4 members (excludes halogenated alkanes) is 2. The van der Waals surface area contributed by atoms with Crippen LogP contribution in [0.4, 0.5) is 15.3 Å². The maximum Gasteiger partial charge on any atom is 0.410 e. The molecule has 4 rings (SSSR count). The van der Waals surface area contributed by atoms with Gasteiger partial charge < -0.3 is 66.8 Å². The highest BCUT2D eigenvalue weighted by atomic mass is 16.6. The number of nitrogens with one attached hydrogen (secondary N) is 6. The number of likely N-dealkylation sites (N-methyl/N-ethyl adjacent to an activating group) is 2. The number of imide groups is 1. The standard InChI is InChI=1S/C68H105N11O15/c1-15-43(8)59(51(92-13)38-55(83)78-37-23-27-50(78)61(93-14)44(9)62(85)71-45(10)60(84)47-24-18-16-19-25-47)76(11)66(89)57(41(4)5)75-65(88)58(42(6)7)77(12)68(91)94-39-46-29-31-48(32-30-46)72-63(86)49(26-22-35-70-67(69)90)73-64(87)56(40(2)3)74-52(80)28-20-17-21-36-79-53(81)33-34-54(79)82/h16,18-19,24-25,29-34,40-45,49-51,56-61,84H,15,17,20-23,26-28,35-39H2,1-14H3,(H,71,85)(H,72,86)(H,73,87)(H,74,80)(H,75,88)(H3,69,70,90)/t43-,44+,45?,49-,50-,51+,56-,57-,58?,59-,60+,61+/m0/s1. The SMILES string of the molecule is CC[C@H](C)[C@@H]([C@@H](CC(=O)N1CCC[C@H]1[C@H](OC)[C@@H](C)C(=O)NC(C)[C@@H](O)c1ccccc1)OC)N(C)C(=O)[C@@H](NC(=O)C(C(C)C)N(C)C(=O)OCc1ccc(NC(=O)[C@H](CCCNC(N)=O)NC(=O)[C@@H](NC(=O)CCCCCN2C(=O)C=CC2=O)C(C)C)cc1)C(C)C. The number of carbonyl (C=O) groups excluding carboxylic acids is 11. The molecule has 2 aromatic rings. The molecule has 0 aromatic heterocycles. The Morgan fingerprint density at radius 3 is 1.93 bits per heavy atom. The van der Waals surface area contributed by atoms with Crippen LogP contribution in [0.2, 0.25) is 0 Å². The van der Waals surface area contributed by atoms with Gasteiger partial charge in [-0.3, -0.25) is 53.0 Å². The lowest BCUT2D eigenvalue weighted by atomic mass is 9.89. The molecule has 0 spiro atoms. The molecule has 2 aliphatic rings. The predicted octanol–water partition coefficient (Wildman–Crippen LogP) is 5.08. The van der Waals surface area contributed by atoms with E-state index in [1.807, 2.05) is 32.0 Å². The smallest absolute Gasteiger partial charge is 0.410 e. The molecule has 2 aliphatic heterocycles. The summed E-state index contributed by atoms with van der Waals surface area (Å²) in [4.78, 5) is 152. The number of aliphatic hydroxyl groups excluding tert-OH is 1. The van der Waals surface area contributed by atoms with Crippen LogP contribution in [0.1, 0.15) is 151 Å². The Morgan fingerprint density at radius 2 is 1.35 bits per heavy atom. The number of methoxy groups -OCH3 is 2. The molecule has 0 aliphatic carbocycles. The summed E-state index contributed by atoms with van der Waals surface area (Å²) in [5.74, 6) is -6.02. The first-order valence-corrected chi connectivity index (χ1v) is 32.9. The molecule has 1 fully saturated rings. The molecule has 2 heterocycles. The number of primary amides is 1. The number of hydrogen-bond acceptors (Lipinski definition) is 15. The van der Waals surface area contributed by atoms with Gasteiger partial charge in [-0.1, -0.05) is 118 Å². The third-order valence-corrected chi connectivity index (χ3v) is 17.7. The molecule has 26 nitrogen and oxygen atoms in total. The number of likely N-dealkylation sites (tertiary alicyclic amines) is 1. The summed E-state index contributed by atoms with van der Waals surface area (Å²) < 4.78 is 17.7. The van der Waals surface area contributed by atoms with Crippen LogP contribution in [-0.2, 0) is 64.0 Å². The second-order valence-corrected chi connectivity index (χ2v) is 25.8. The number of hydrogen-bond donors (Lipinski definition) is 8. The van der Waals surface area contributed by atoms with Gasteiger partial charge in [0.1, 0.15) is 30.8 Å². The van der Waals surface area contributed by atoms with Crippen molar-refractivity contribution in [2.24, 2.45) is 35.3 Å². The number of urea groups is 1. The molecule has 12 atom stereocenters. The first-order chi connectivity index (χ1) is 44.5. The summed E-state index contributed by atoms with van der Waals surface area (Å²) in [7, 11) is 6.08. The van der Waals surface area contributed by atoms with Crippen molar-refractivity contribution < 1.29 is 72.1 Å². The van der Waals surface area contributed by atoms with Crippen LogP contribution in [0, 0.1) is 29.6 Å². The van der Waals surface area contributed by atoms with Crippen LogP contribution in [0.25, 0.3) is 0 Å². The van der Waals surface area contributed by atoms with Crippen molar-refractivity contribution in [1.82, 2.24) is 46.2 Å². The van der Waals surface area contributed by atoms with Gasteiger partial charge in [-0.25, -0.2) is 9.59 Å². The minimum absolute atomic E-state index is 0.0841. The molecule has 12 amide bonds. The minimum atomic E-state index is -1.11. The highest BCUT2D eigenvalue weighted by molar-refractivity contribution is 6.12. The Balaban J connectivity index is 1.37. The van der Waals surface area contributed by atoms with Gasteiger partial charge in [0, 0.05) is 72.2 Å². The van der Waals surface area contributed by atoms with Crippen LogP contribution in [0.3, 0.4) is 0 Å². The van der Waals surface area contributed by atoms with Crippen molar-refractivity contribution in [2.75, 3.05) is 53.3 Å². The summed E-state index contributed by atoms with van der Waals surface area (Å²) in [6.07, 6.45) is 2.94. The van der Waals surface area contributed by atoms with Crippen LogP contribution >= 0.6 is 0 Å². The summed E-state index contributed by atoms with van der Waals surface area (Å²) in [5.41, 5.74) is 6.77. The average molecular weight is 1320 g/mol. The van der Waals surface area contributed by atoms with Crippen LogP contribution < -0.4 is 37.6 Å². The van der Waals surface area contributed by atoms with E-state index in [4.69, 9.17) is 19.9 Å². The highest BCUT2D eigenvalue weighted by Crippen LogP contribution is 2.31. The van der Waals surface area contributed by atoms with E-state index < -0.39 is 114 Å². The lowest BCUT2D eigenvalue weighted by molar-refractivity contribution is -0.148. The molecule has 9 N–H and O–H groups in total. The Morgan fingerprint density at radius 1 is 0.713 bits per heavy atom. The van der Waals surface area contributed by atoms with Gasteiger partial charge in [0.15, 0.2) is 0 Å². The number of amides is 12. The van der Waals surface area contributed by atoms with Gasteiger partial charge in [-0.15, -0.1) is 0 Å². The number of nitrogens with two attached hydrogens (primary N) is 1. The van der Waals surface area contributed by atoms with Crippen LogP contribution in [-0.4, -0.2) is 192 Å². The quantitative estimate of drug-likeness (QED) is 0.0321. The maximum absolute atomic E-state index is 14.8. The van der Waals surface area contributed by atoms with Crippen molar-refractivity contribution >= 4 is 71.0 Å². The van der Waals surface area contributed by atoms with E-state index in [0.29, 0.717) is 61.9 Å². The number of aliphatic hydroxyl groups is 1. The second-order valence-electron chi connectivity index (χ2n) is 25.8. The Kier molecular flexibility index (Phi) is 32.1. The van der Waals surface area contributed by atoms with Crippen LogP contribution in [0.15, 0.2) is 66.7 Å². The number of carbonyl (C=O) groups is 11. The van der Waals surface area contributed by atoms with Crippen molar-refractivity contribution in [3.05, 3.63) is 77.9 Å². The molecular weight excluding hydrogens is 1210 g/mol. The molecule has 0 saturated carbocycles. The third kappa shape index (κ3) is 22.9. The van der Waals surface area contributed by atoms with Gasteiger partial charge in [0.2, 0.25) is 41.4 Å². The van der Waals surface area contributed by atoms with Crippen molar-refractivity contribution in [3.63, 3.8) is 0 Å². The van der Waals surface area contributed by atoms with E-state index in [0.717, 1.165) is 4.90 Å². The molecule has 0 bridgehead atoms. The molecular formula is C68H105N11O15. The largest absolute Gasteiger partial charge is 0.445 e. The van der Waals surface area contributed by atoms with Gasteiger partial charge in [0.25, 0.3) is 11.8 Å². The van der Waals surface area contributed by atoms with Crippen molar-refractivity contribution in [2.45, 2.75) is 201 Å². The zero-order chi connectivity index (χ0) is 70.1. The predicted molar refractivity (Wildman–Crippen MR) is 353 cm³/mol.